The van der Waals surface area contributed by atoms with Crippen LogP contribution in [-0.2, 0) is 0 Å². The maximum atomic E-state index is 4.79. The van der Waals surface area contributed by atoms with Crippen LogP contribution in [0.2, 0.25) is 0 Å². The van der Waals surface area contributed by atoms with E-state index in [1.54, 1.807) is 0 Å². The van der Waals surface area contributed by atoms with E-state index in [4.69, 9.17) is 4.98 Å². The molecule has 0 unspecified atom stereocenters. The Balaban J connectivity index is 1.83. The summed E-state index contributed by atoms with van der Waals surface area (Å²) >= 11 is 0. The van der Waals surface area contributed by atoms with Crippen molar-refractivity contribution in [1.29, 1.82) is 0 Å². The summed E-state index contributed by atoms with van der Waals surface area (Å²) < 4.78 is 0. The molecule has 0 aliphatic carbocycles. The molecule has 1 aliphatic heterocycles. The zero-order valence-corrected chi connectivity index (χ0v) is 15.4. The van der Waals surface area contributed by atoms with Gasteiger partial charge in [0.2, 0.25) is 5.95 Å². The molecular weight excluding hydrogens is 296 g/mol. The molecule has 4 heteroatoms. The van der Waals surface area contributed by atoms with E-state index < -0.39 is 0 Å². The number of benzene rings is 1. The number of piperidine rings is 1. The SMILES string of the molecule is Cc1cnc(NC2CC(C)(C)NC(C)(C)C2)nc1-c1ccccc1. The zero-order valence-electron chi connectivity index (χ0n) is 15.4. The van der Waals surface area contributed by atoms with Crippen molar-refractivity contribution in [3.8, 4) is 11.3 Å². The van der Waals surface area contributed by atoms with E-state index in [0.29, 0.717) is 6.04 Å². The maximum absolute atomic E-state index is 4.79. The van der Waals surface area contributed by atoms with Crippen molar-refractivity contribution in [2.75, 3.05) is 5.32 Å². The lowest BCUT2D eigenvalue weighted by Crippen LogP contribution is -2.60. The first-order chi connectivity index (χ1) is 11.2. The van der Waals surface area contributed by atoms with E-state index in [2.05, 4.69) is 62.4 Å². The third kappa shape index (κ3) is 3.93. The Morgan fingerprint density at radius 1 is 1.04 bits per heavy atom. The number of rotatable bonds is 3. The summed E-state index contributed by atoms with van der Waals surface area (Å²) in [4.78, 5) is 9.30. The lowest BCUT2D eigenvalue weighted by molar-refractivity contribution is 0.170. The summed E-state index contributed by atoms with van der Waals surface area (Å²) in [6.07, 6.45) is 4.01. The fourth-order valence-electron chi connectivity index (χ4n) is 4.01. The van der Waals surface area contributed by atoms with Gasteiger partial charge < -0.3 is 10.6 Å². The van der Waals surface area contributed by atoms with Crippen LogP contribution in [0, 0.1) is 6.92 Å². The Hall–Kier alpha value is -1.94. The van der Waals surface area contributed by atoms with Gasteiger partial charge in [-0.2, -0.15) is 0 Å². The molecule has 1 fully saturated rings. The van der Waals surface area contributed by atoms with Crippen molar-refractivity contribution in [1.82, 2.24) is 15.3 Å². The highest BCUT2D eigenvalue weighted by Gasteiger charge is 2.37. The van der Waals surface area contributed by atoms with Crippen LogP contribution in [0.3, 0.4) is 0 Å². The van der Waals surface area contributed by atoms with Crippen molar-refractivity contribution in [2.45, 2.75) is 64.6 Å². The Labute approximate surface area is 145 Å². The normalized spacial score (nSPS) is 19.9. The van der Waals surface area contributed by atoms with Crippen LogP contribution in [0.25, 0.3) is 11.3 Å². The van der Waals surface area contributed by atoms with Crippen LogP contribution in [0.15, 0.2) is 36.5 Å². The van der Waals surface area contributed by atoms with Crippen molar-refractivity contribution in [2.24, 2.45) is 0 Å². The molecule has 2 heterocycles. The van der Waals surface area contributed by atoms with E-state index in [1.807, 2.05) is 24.4 Å². The number of nitrogens with one attached hydrogen (secondary N) is 2. The van der Waals surface area contributed by atoms with E-state index in [9.17, 15) is 0 Å². The molecule has 2 aromatic rings. The minimum Gasteiger partial charge on any atom is -0.351 e. The highest BCUT2D eigenvalue weighted by molar-refractivity contribution is 5.63. The van der Waals surface area contributed by atoms with Crippen LogP contribution < -0.4 is 10.6 Å². The largest absolute Gasteiger partial charge is 0.351 e. The third-order valence-corrected chi connectivity index (χ3v) is 4.54. The van der Waals surface area contributed by atoms with Crippen molar-refractivity contribution >= 4 is 5.95 Å². The highest BCUT2D eigenvalue weighted by atomic mass is 15.2. The Morgan fingerprint density at radius 3 is 2.29 bits per heavy atom. The van der Waals surface area contributed by atoms with Crippen LogP contribution in [0.5, 0.6) is 0 Å². The lowest BCUT2D eigenvalue weighted by atomic mass is 9.80. The lowest BCUT2D eigenvalue weighted by Gasteiger charge is -2.46. The predicted octanol–water partition coefficient (Wildman–Crippen LogP) is 4.17. The summed E-state index contributed by atoms with van der Waals surface area (Å²) in [6.45, 7) is 11.1. The fraction of sp³-hybridized carbons (Fsp3) is 0.500. The molecule has 1 aromatic carbocycles. The van der Waals surface area contributed by atoms with Gasteiger partial charge >= 0.3 is 0 Å². The first-order valence-electron chi connectivity index (χ1n) is 8.69. The molecular formula is C20H28N4. The number of hydrogen-bond donors (Lipinski definition) is 2. The molecule has 2 N–H and O–H groups in total. The summed E-state index contributed by atoms with van der Waals surface area (Å²) in [5, 5.41) is 7.28. The van der Waals surface area contributed by atoms with E-state index in [1.165, 1.54) is 0 Å². The van der Waals surface area contributed by atoms with Gasteiger partial charge in [0.15, 0.2) is 0 Å². The average molecular weight is 324 g/mol. The third-order valence-electron chi connectivity index (χ3n) is 4.54. The van der Waals surface area contributed by atoms with Gasteiger partial charge in [0.1, 0.15) is 0 Å². The summed E-state index contributed by atoms with van der Waals surface area (Å²) in [7, 11) is 0. The van der Waals surface area contributed by atoms with Gasteiger partial charge in [0.05, 0.1) is 5.69 Å². The fourth-order valence-corrected chi connectivity index (χ4v) is 4.01. The minimum atomic E-state index is 0.104. The molecule has 0 saturated carbocycles. The van der Waals surface area contributed by atoms with Gasteiger partial charge in [0, 0.05) is 28.9 Å². The van der Waals surface area contributed by atoms with Gasteiger partial charge in [-0.25, -0.2) is 9.97 Å². The van der Waals surface area contributed by atoms with Gasteiger partial charge in [-0.15, -0.1) is 0 Å². The standard InChI is InChI=1S/C20H28N4/c1-14-13-21-18(23-17(14)15-9-7-6-8-10-15)22-16-11-19(2,3)24-20(4,5)12-16/h6-10,13,16,24H,11-12H2,1-5H3,(H,21,22,23). The van der Waals surface area contributed by atoms with Crippen LogP contribution >= 0.6 is 0 Å². The Bertz CT molecular complexity index is 691. The number of hydrogen-bond acceptors (Lipinski definition) is 4. The predicted molar refractivity (Wildman–Crippen MR) is 100 cm³/mol. The molecule has 1 saturated heterocycles. The van der Waals surface area contributed by atoms with E-state index >= 15 is 0 Å². The molecule has 4 nitrogen and oxygen atoms in total. The molecule has 0 bridgehead atoms. The molecule has 3 rings (SSSR count). The summed E-state index contributed by atoms with van der Waals surface area (Å²) in [5.74, 6) is 0.720. The maximum Gasteiger partial charge on any atom is 0.223 e. The minimum absolute atomic E-state index is 0.104. The Morgan fingerprint density at radius 2 is 1.67 bits per heavy atom. The van der Waals surface area contributed by atoms with Crippen LogP contribution in [-0.4, -0.2) is 27.1 Å². The molecule has 24 heavy (non-hydrogen) atoms. The number of anilines is 1. The molecule has 0 amide bonds. The number of nitrogens with zero attached hydrogens (tertiary/aromatic N) is 2. The van der Waals surface area contributed by atoms with E-state index in [0.717, 1.165) is 35.6 Å². The van der Waals surface area contributed by atoms with Gasteiger partial charge in [-0.3, -0.25) is 0 Å². The topological polar surface area (TPSA) is 49.8 Å². The van der Waals surface area contributed by atoms with E-state index in [-0.39, 0.29) is 11.1 Å². The molecule has 1 aliphatic rings. The first-order valence-corrected chi connectivity index (χ1v) is 8.69. The van der Waals surface area contributed by atoms with Gasteiger partial charge in [-0.1, -0.05) is 30.3 Å². The second kappa shape index (κ2) is 6.17. The second-order valence-electron chi connectivity index (χ2n) is 8.23. The van der Waals surface area contributed by atoms with Crippen molar-refractivity contribution < 1.29 is 0 Å². The van der Waals surface area contributed by atoms with Gasteiger partial charge in [-0.05, 0) is 53.0 Å². The van der Waals surface area contributed by atoms with Crippen molar-refractivity contribution in [3.63, 3.8) is 0 Å². The molecule has 0 atom stereocenters. The molecule has 128 valence electrons. The highest BCUT2D eigenvalue weighted by Crippen LogP contribution is 2.30. The Kier molecular flexibility index (Phi) is 4.35. The number of aromatic nitrogens is 2. The smallest absolute Gasteiger partial charge is 0.223 e. The second-order valence-corrected chi connectivity index (χ2v) is 8.23. The average Bonchev–Trinajstić information content (AvgIpc) is 2.47. The quantitative estimate of drug-likeness (QED) is 0.889. The van der Waals surface area contributed by atoms with Crippen molar-refractivity contribution in [3.05, 3.63) is 42.1 Å². The van der Waals surface area contributed by atoms with Crippen LogP contribution in [0.1, 0.15) is 46.1 Å². The zero-order chi connectivity index (χ0) is 17.4. The summed E-state index contributed by atoms with van der Waals surface area (Å²) in [6, 6.07) is 10.7. The first kappa shape index (κ1) is 16.9. The van der Waals surface area contributed by atoms with Crippen LogP contribution in [0.4, 0.5) is 5.95 Å². The molecule has 1 aromatic heterocycles. The molecule has 0 spiro atoms. The number of aryl methyl sites for hydroxylation is 1. The molecule has 0 radical (unpaired) electrons. The monoisotopic (exact) mass is 324 g/mol. The van der Waals surface area contributed by atoms with Gasteiger partial charge in [0.25, 0.3) is 0 Å². The summed E-state index contributed by atoms with van der Waals surface area (Å²) in [5.41, 5.74) is 3.43.